The van der Waals surface area contributed by atoms with Crippen LogP contribution in [-0.4, -0.2) is 28.0 Å². The van der Waals surface area contributed by atoms with Gasteiger partial charge in [0.05, 0.1) is 17.4 Å². The Morgan fingerprint density at radius 2 is 1.73 bits per heavy atom. The molecule has 0 radical (unpaired) electrons. The summed E-state index contributed by atoms with van der Waals surface area (Å²) in [5.74, 6) is 1.58. The molecule has 0 unspecified atom stereocenters. The fraction of sp³-hybridized carbons (Fsp3) is 0.364. The minimum Gasteiger partial charge on any atom is -0.309 e. The predicted molar refractivity (Wildman–Crippen MR) is 105 cm³/mol. The van der Waals surface area contributed by atoms with E-state index in [1.54, 1.807) is 0 Å². The summed E-state index contributed by atoms with van der Waals surface area (Å²) < 4.78 is 0. The molecule has 2 aromatic carbocycles. The zero-order valence-corrected chi connectivity index (χ0v) is 15.0. The van der Waals surface area contributed by atoms with Gasteiger partial charge in [0.25, 0.3) is 5.56 Å². The van der Waals surface area contributed by atoms with Crippen molar-refractivity contribution in [3.05, 3.63) is 76.3 Å². The van der Waals surface area contributed by atoms with Gasteiger partial charge in [0.2, 0.25) is 0 Å². The van der Waals surface area contributed by atoms with E-state index in [1.807, 2.05) is 24.3 Å². The highest BCUT2D eigenvalue weighted by Crippen LogP contribution is 2.23. The summed E-state index contributed by atoms with van der Waals surface area (Å²) >= 11 is 0. The molecule has 26 heavy (non-hydrogen) atoms. The van der Waals surface area contributed by atoms with E-state index in [1.165, 1.54) is 31.2 Å². The molecule has 0 bridgehead atoms. The van der Waals surface area contributed by atoms with Crippen LogP contribution in [0.5, 0.6) is 0 Å². The highest BCUT2D eigenvalue weighted by atomic mass is 16.1. The van der Waals surface area contributed by atoms with E-state index in [-0.39, 0.29) is 5.56 Å². The summed E-state index contributed by atoms with van der Waals surface area (Å²) in [6.07, 6.45) is 4.89. The molecule has 1 fully saturated rings. The molecular formula is C22H25N3O. The van der Waals surface area contributed by atoms with Crippen LogP contribution in [0.2, 0.25) is 0 Å². The Kier molecular flexibility index (Phi) is 5.12. The van der Waals surface area contributed by atoms with Gasteiger partial charge in [-0.2, -0.15) is 0 Å². The second kappa shape index (κ2) is 7.83. The van der Waals surface area contributed by atoms with E-state index in [4.69, 9.17) is 0 Å². The Morgan fingerprint density at radius 1 is 1.00 bits per heavy atom. The number of aromatic amines is 1. The number of aromatic nitrogens is 2. The lowest BCUT2D eigenvalue weighted by molar-refractivity contribution is 0.169. The van der Waals surface area contributed by atoms with Crippen LogP contribution in [0.1, 0.15) is 30.7 Å². The van der Waals surface area contributed by atoms with Crippen molar-refractivity contribution in [3.8, 4) is 0 Å². The third-order valence-corrected chi connectivity index (χ3v) is 5.43. The molecule has 0 amide bonds. The van der Waals surface area contributed by atoms with Crippen molar-refractivity contribution in [2.75, 3.05) is 13.1 Å². The van der Waals surface area contributed by atoms with Crippen LogP contribution in [0.25, 0.3) is 10.9 Å². The first-order valence-corrected chi connectivity index (χ1v) is 9.52. The smallest absolute Gasteiger partial charge is 0.258 e. The molecule has 1 aromatic heterocycles. The minimum atomic E-state index is -0.0386. The molecule has 1 N–H and O–H groups in total. The van der Waals surface area contributed by atoms with Gasteiger partial charge in [-0.05, 0) is 62.4 Å². The van der Waals surface area contributed by atoms with Crippen molar-refractivity contribution >= 4 is 10.9 Å². The van der Waals surface area contributed by atoms with Gasteiger partial charge >= 0.3 is 0 Å². The van der Waals surface area contributed by atoms with Gasteiger partial charge in [0.1, 0.15) is 5.82 Å². The third-order valence-electron chi connectivity index (χ3n) is 5.43. The first-order chi connectivity index (χ1) is 12.8. The van der Waals surface area contributed by atoms with Crippen molar-refractivity contribution in [1.82, 2.24) is 14.9 Å². The molecule has 1 aliphatic heterocycles. The van der Waals surface area contributed by atoms with Crippen molar-refractivity contribution in [2.24, 2.45) is 5.92 Å². The lowest BCUT2D eigenvalue weighted by Crippen LogP contribution is -2.34. The molecule has 1 aliphatic rings. The first kappa shape index (κ1) is 17.0. The van der Waals surface area contributed by atoms with Crippen molar-refractivity contribution in [3.63, 3.8) is 0 Å². The van der Waals surface area contributed by atoms with Crippen molar-refractivity contribution in [1.29, 1.82) is 0 Å². The molecule has 0 aliphatic carbocycles. The fourth-order valence-corrected chi connectivity index (χ4v) is 3.87. The lowest BCUT2D eigenvalue weighted by atomic mass is 9.90. The number of likely N-dealkylation sites (tertiary alicyclic amines) is 1. The van der Waals surface area contributed by atoms with Crippen LogP contribution in [0.15, 0.2) is 59.4 Å². The summed E-state index contributed by atoms with van der Waals surface area (Å²) in [6.45, 7) is 2.89. The average Bonchev–Trinajstić information content (AvgIpc) is 2.68. The molecule has 4 rings (SSSR count). The van der Waals surface area contributed by atoms with Gasteiger partial charge in [-0.15, -0.1) is 0 Å². The maximum atomic E-state index is 12.2. The van der Waals surface area contributed by atoms with E-state index < -0.39 is 0 Å². The van der Waals surface area contributed by atoms with Crippen LogP contribution in [0.4, 0.5) is 0 Å². The van der Waals surface area contributed by atoms with E-state index in [0.29, 0.717) is 5.39 Å². The zero-order chi connectivity index (χ0) is 17.8. The zero-order valence-electron chi connectivity index (χ0n) is 15.0. The van der Waals surface area contributed by atoms with E-state index in [9.17, 15) is 4.79 Å². The Balaban J connectivity index is 1.32. The second-order valence-corrected chi connectivity index (χ2v) is 7.27. The fourth-order valence-electron chi connectivity index (χ4n) is 3.87. The van der Waals surface area contributed by atoms with Crippen LogP contribution < -0.4 is 5.56 Å². The van der Waals surface area contributed by atoms with Gasteiger partial charge in [0.15, 0.2) is 0 Å². The topological polar surface area (TPSA) is 49.0 Å². The Hall–Kier alpha value is -2.46. The number of nitrogens with one attached hydrogen (secondary N) is 1. The average molecular weight is 347 g/mol. The summed E-state index contributed by atoms with van der Waals surface area (Å²) in [4.78, 5) is 22.2. The van der Waals surface area contributed by atoms with Crippen LogP contribution in [-0.2, 0) is 13.0 Å². The molecule has 1 saturated heterocycles. The molecule has 4 heteroatoms. The van der Waals surface area contributed by atoms with Gasteiger partial charge in [-0.25, -0.2) is 4.98 Å². The maximum absolute atomic E-state index is 12.2. The van der Waals surface area contributed by atoms with Crippen molar-refractivity contribution in [2.45, 2.75) is 32.2 Å². The maximum Gasteiger partial charge on any atom is 0.258 e. The molecule has 2 heterocycles. The number of hydrogen-bond donors (Lipinski definition) is 1. The Morgan fingerprint density at radius 3 is 2.54 bits per heavy atom. The van der Waals surface area contributed by atoms with E-state index in [2.05, 4.69) is 45.2 Å². The standard InChI is InChI=1S/C22H25N3O/c26-22-19-8-4-5-9-20(19)23-21(24-22)16-25-14-12-18(13-15-25)11-10-17-6-2-1-3-7-17/h1-9,18H,10-16H2,(H,23,24,26). The largest absolute Gasteiger partial charge is 0.309 e. The summed E-state index contributed by atoms with van der Waals surface area (Å²) in [6, 6.07) is 18.3. The number of nitrogens with zero attached hydrogens (tertiary/aromatic N) is 2. The molecule has 0 atom stereocenters. The van der Waals surface area contributed by atoms with Crippen molar-refractivity contribution < 1.29 is 0 Å². The molecule has 4 nitrogen and oxygen atoms in total. The molecule has 0 saturated carbocycles. The SMILES string of the molecule is O=c1[nH]c(CN2CCC(CCc3ccccc3)CC2)nc2ccccc12. The summed E-state index contributed by atoms with van der Waals surface area (Å²) in [7, 11) is 0. The lowest BCUT2D eigenvalue weighted by Gasteiger charge is -2.31. The number of rotatable bonds is 5. The quantitative estimate of drug-likeness (QED) is 0.764. The highest BCUT2D eigenvalue weighted by Gasteiger charge is 2.20. The van der Waals surface area contributed by atoms with Gasteiger partial charge in [-0.3, -0.25) is 9.69 Å². The Bertz CT molecular complexity index is 911. The van der Waals surface area contributed by atoms with Gasteiger partial charge in [-0.1, -0.05) is 42.5 Å². The van der Waals surface area contributed by atoms with E-state index in [0.717, 1.165) is 36.9 Å². The Labute approximate surface area is 153 Å². The summed E-state index contributed by atoms with van der Waals surface area (Å²) in [5, 5.41) is 0.663. The minimum absolute atomic E-state index is 0.0386. The molecular weight excluding hydrogens is 322 g/mol. The molecule has 0 spiro atoms. The number of piperidine rings is 1. The van der Waals surface area contributed by atoms with Crippen LogP contribution in [0, 0.1) is 5.92 Å². The highest BCUT2D eigenvalue weighted by molar-refractivity contribution is 5.77. The number of benzene rings is 2. The van der Waals surface area contributed by atoms with E-state index >= 15 is 0 Å². The number of H-pyrrole nitrogens is 1. The van der Waals surface area contributed by atoms with Gasteiger partial charge < -0.3 is 4.98 Å². The second-order valence-electron chi connectivity index (χ2n) is 7.27. The summed E-state index contributed by atoms with van der Waals surface area (Å²) in [5.41, 5.74) is 2.18. The number of hydrogen-bond acceptors (Lipinski definition) is 3. The van der Waals surface area contributed by atoms with Gasteiger partial charge in [0, 0.05) is 0 Å². The number of aryl methyl sites for hydroxylation is 1. The monoisotopic (exact) mass is 347 g/mol. The molecule has 3 aromatic rings. The predicted octanol–water partition coefficient (Wildman–Crippen LogP) is 3.77. The van der Waals surface area contributed by atoms with Crippen LogP contribution in [0.3, 0.4) is 0 Å². The first-order valence-electron chi connectivity index (χ1n) is 9.52. The third kappa shape index (κ3) is 4.02. The number of fused-ring (bicyclic) bond motifs is 1. The number of para-hydroxylation sites is 1. The normalized spacial score (nSPS) is 16.2. The van der Waals surface area contributed by atoms with Crippen LogP contribution >= 0.6 is 0 Å². The molecule has 134 valence electrons.